The number of carbonyl (C=O) groups excluding carboxylic acids is 2. The van der Waals surface area contributed by atoms with Crippen LogP contribution in [0.1, 0.15) is 43.2 Å². The van der Waals surface area contributed by atoms with Crippen molar-refractivity contribution >= 4 is 66.0 Å². The first kappa shape index (κ1) is 34.1. The van der Waals surface area contributed by atoms with Crippen molar-refractivity contribution in [2.45, 2.75) is 62.0 Å². The molecule has 1 unspecified atom stereocenters. The SMILES string of the molecule is O=C(NC1CCCCC1)C(Cc1ccccc1)N(Cc1ccc(Br)cc1)C(=O)CN(c1ccc(I)cc1)S(=O)(=O)c1ccccc1. The Balaban J connectivity index is 1.55. The fourth-order valence-corrected chi connectivity index (χ4v) is 7.80. The van der Waals surface area contributed by atoms with Gasteiger partial charge in [-0.25, -0.2) is 8.42 Å². The van der Waals surface area contributed by atoms with Crippen LogP contribution in [0.4, 0.5) is 5.69 Å². The number of sulfonamides is 1. The molecule has 4 aromatic carbocycles. The Morgan fingerprint density at radius 1 is 0.804 bits per heavy atom. The van der Waals surface area contributed by atoms with Gasteiger partial charge in [0.15, 0.2) is 0 Å². The summed E-state index contributed by atoms with van der Waals surface area (Å²) in [6, 6.07) is 31.5. The van der Waals surface area contributed by atoms with Crippen LogP contribution in [0.5, 0.6) is 0 Å². The van der Waals surface area contributed by atoms with E-state index in [-0.39, 0.29) is 29.8 Å². The molecule has 0 aromatic heterocycles. The van der Waals surface area contributed by atoms with Crippen molar-refractivity contribution in [1.82, 2.24) is 10.2 Å². The second kappa shape index (κ2) is 16.1. The van der Waals surface area contributed by atoms with E-state index in [1.54, 1.807) is 35.2 Å². The van der Waals surface area contributed by atoms with Gasteiger partial charge in [-0.2, -0.15) is 0 Å². The average molecular weight is 815 g/mol. The second-order valence-electron chi connectivity index (χ2n) is 11.5. The van der Waals surface area contributed by atoms with Crippen molar-refractivity contribution in [2.75, 3.05) is 10.8 Å². The van der Waals surface area contributed by atoms with Gasteiger partial charge in [0.1, 0.15) is 12.6 Å². The molecule has 1 aliphatic rings. The minimum atomic E-state index is -4.12. The molecule has 1 aliphatic carbocycles. The zero-order valence-corrected chi connectivity index (χ0v) is 30.0. The summed E-state index contributed by atoms with van der Waals surface area (Å²) in [7, 11) is -4.12. The third kappa shape index (κ3) is 8.98. The van der Waals surface area contributed by atoms with Gasteiger partial charge in [-0.3, -0.25) is 13.9 Å². The predicted octanol–water partition coefficient (Wildman–Crippen LogP) is 7.34. The van der Waals surface area contributed by atoms with Crippen LogP contribution in [0.25, 0.3) is 0 Å². The lowest BCUT2D eigenvalue weighted by molar-refractivity contribution is -0.140. The molecule has 0 heterocycles. The highest BCUT2D eigenvalue weighted by atomic mass is 127. The van der Waals surface area contributed by atoms with E-state index in [0.29, 0.717) is 5.69 Å². The maximum absolute atomic E-state index is 14.6. The van der Waals surface area contributed by atoms with E-state index < -0.39 is 28.5 Å². The largest absolute Gasteiger partial charge is 0.352 e. The van der Waals surface area contributed by atoms with Crippen LogP contribution >= 0.6 is 38.5 Å². The fraction of sp³-hybridized carbons (Fsp3) is 0.278. The normalized spacial score (nSPS) is 14.3. The van der Waals surface area contributed by atoms with Crippen molar-refractivity contribution < 1.29 is 18.0 Å². The van der Waals surface area contributed by atoms with Gasteiger partial charge in [-0.05, 0) is 95.1 Å². The standard InChI is InChI=1S/C36H37BrIN3O4S/c37-29-18-16-28(17-19-29)25-40(34(24-27-10-4-1-5-11-27)36(43)39-31-12-6-2-7-13-31)35(42)26-41(32-22-20-30(38)21-23-32)46(44,45)33-14-8-3-9-15-33/h1,3-5,8-11,14-23,31,34H,2,6-7,12-13,24-26H2,(H,39,43). The van der Waals surface area contributed by atoms with Crippen molar-refractivity contribution in [3.8, 4) is 0 Å². The lowest BCUT2D eigenvalue weighted by atomic mass is 9.94. The zero-order valence-electron chi connectivity index (χ0n) is 25.4. The molecule has 1 saturated carbocycles. The quantitative estimate of drug-likeness (QED) is 0.152. The van der Waals surface area contributed by atoms with E-state index in [4.69, 9.17) is 0 Å². The van der Waals surface area contributed by atoms with Crippen molar-refractivity contribution in [3.05, 3.63) is 128 Å². The highest BCUT2D eigenvalue weighted by molar-refractivity contribution is 14.1. The van der Waals surface area contributed by atoms with E-state index in [1.807, 2.05) is 66.7 Å². The number of anilines is 1. The van der Waals surface area contributed by atoms with E-state index in [1.165, 1.54) is 12.1 Å². The Morgan fingerprint density at radius 3 is 2.04 bits per heavy atom. The van der Waals surface area contributed by atoms with E-state index >= 15 is 0 Å². The van der Waals surface area contributed by atoms with Gasteiger partial charge in [0.25, 0.3) is 10.0 Å². The van der Waals surface area contributed by atoms with Gasteiger partial charge in [0, 0.05) is 27.1 Å². The third-order valence-corrected chi connectivity index (χ3v) is 11.2. The predicted molar refractivity (Wildman–Crippen MR) is 194 cm³/mol. The molecule has 10 heteroatoms. The van der Waals surface area contributed by atoms with Gasteiger partial charge >= 0.3 is 0 Å². The van der Waals surface area contributed by atoms with Crippen LogP contribution in [-0.4, -0.2) is 43.8 Å². The summed E-state index contributed by atoms with van der Waals surface area (Å²) in [5.74, 6) is -0.700. The second-order valence-corrected chi connectivity index (χ2v) is 15.5. The number of benzene rings is 4. The van der Waals surface area contributed by atoms with E-state index in [2.05, 4.69) is 43.8 Å². The number of carbonyl (C=O) groups is 2. The number of rotatable bonds is 12. The van der Waals surface area contributed by atoms with Crippen molar-refractivity contribution in [3.63, 3.8) is 0 Å². The van der Waals surface area contributed by atoms with Crippen molar-refractivity contribution in [1.29, 1.82) is 0 Å². The number of nitrogens with zero attached hydrogens (tertiary/aromatic N) is 2. The summed E-state index contributed by atoms with van der Waals surface area (Å²) in [6.45, 7) is -0.343. The Hall–Kier alpha value is -3.22. The Bertz CT molecular complexity index is 1700. The molecule has 7 nitrogen and oxygen atoms in total. The highest BCUT2D eigenvalue weighted by Gasteiger charge is 2.35. The molecular formula is C36H37BrIN3O4S. The maximum atomic E-state index is 14.6. The fourth-order valence-electron chi connectivity index (χ4n) is 5.74. The molecule has 0 bridgehead atoms. The maximum Gasteiger partial charge on any atom is 0.264 e. The highest BCUT2D eigenvalue weighted by Crippen LogP contribution is 2.26. The molecular weight excluding hydrogens is 777 g/mol. The van der Waals surface area contributed by atoms with Crippen LogP contribution < -0.4 is 9.62 Å². The summed E-state index contributed by atoms with van der Waals surface area (Å²) < 4.78 is 31.2. The summed E-state index contributed by atoms with van der Waals surface area (Å²) in [5.41, 5.74) is 2.10. The monoisotopic (exact) mass is 813 g/mol. The Labute approximate surface area is 293 Å². The summed E-state index contributed by atoms with van der Waals surface area (Å²) in [5, 5.41) is 3.24. The molecule has 0 saturated heterocycles. The van der Waals surface area contributed by atoms with Crippen LogP contribution in [0, 0.1) is 3.57 Å². The number of amides is 2. The molecule has 4 aromatic rings. The molecule has 5 rings (SSSR count). The molecule has 2 amide bonds. The molecule has 0 spiro atoms. The first-order chi connectivity index (χ1) is 22.2. The molecule has 1 N–H and O–H groups in total. The topological polar surface area (TPSA) is 86.8 Å². The van der Waals surface area contributed by atoms with Gasteiger partial charge in [-0.1, -0.05) is 95.9 Å². The molecule has 1 atom stereocenters. The minimum absolute atomic E-state index is 0.0471. The number of hydrogen-bond donors (Lipinski definition) is 1. The van der Waals surface area contributed by atoms with Crippen LogP contribution in [0.15, 0.2) is 119 Å². The number of halogens is 2. The van der Waals surface area contributed by atoms with Crippen LogP contribution in [0.3, 0.4) is 0 Å². The zero-order chi connectivity index (χ0) is 32.5. The molecule has 1 fully saturated rings. The molecule has 240 valence electrons. The molecule has 0 aliphatic heterocycles. The smallest absolute Gasteiger partial charge is 0.264 e. The van der Waals surface area contributed by atoms with E-state index in [0.717, 1.165) is 55.6 Å². The lowest BCUT2D eigenvalue weighted by Crippen LogP contribution is -2.55. The van der Waals surface area contributed by atoms with Gasteiger partial charge < -0.3 is 10.2 Å². The average Bonchev–Trinajstić information content (AvgIpc) is 3.07. The molecule has 0 radical (unpaired) electrons. The minimum Gasteiger partial charge on any atom is -0.352 e. The Morgan fingerprint density at radius 2 is 1.41 bits per heavy atom. The summed E-state index contributed by atoms with van der Waals surface area (Å²) >= 11 is 5.64. The van der Waals surface area contributed by atoms with Crippen LogP contribution in [0.2, 0.25) is 0 Å². The molecule has 46 heavy (non-hydrogen) atoms. The van der Waals surface area contributed by atoms with Crippen LogP contribution in [-0.2, 0) is 32.6 Å². The van der Waals surface area contributed by atoms with Gasteiger partial charge in [-0.15, -0.1) is 0 Å². The number of nitrogens with one attached hydrogen (secondary N) is 1. The van der Waals surface area contributed by atoms with Gasteiger partial charge in [0.2, 0.25) is 11.8 Å². The van der Waals surface area contributed by atoms with Crippen molar-refractivity contribution in [2.24, 2.45) is 0 Å². The summed E-state index contributed by atoms with van der Waals surface area (Å²) in [4.78, 5) is 30.4. The van der Waals surface area contributed by atoms with Gasteiger partial charge in [0.05, 0.1) is 10.6 Å². The lowest BCUT2D eigenvalue weighted by Gasteiger charge is -2.35. The third-order valence-electron chi connectivity index (χ3n) is 8.21. The number of hydrogen-bond acceptors (Lipinski definition) is 4. The van der Waals surface area contributed by atoms with E-state index in [9.17, 15) is 18.0 Å². The Kier molecular flexibility index (Phi) is 11.9. The first-order valence-electron chi connectivity index (χ1n) is 15.4. The first-order valence-corrected chi connectivity index (χ1v) is 18.7. The summed E-state index contributed by atoms with van der Waals surface area (Å²) in [6.07, 6.45) is 5.35.